The molecule has 2 aromatic rings. The molecule has 2 aliphatic rings. The predicted molar refractivity (Wildman–Crippen MR) is 94.1 cm³/mol. The summed E-state index contributed by atoms with van der Waals surface area (Å²) in [5, 5.41) is 2.40. The topological polar surface area (TPSA) is 90.0 Å². The van der Waals surface area contributed by atoms with Crippen LogP contribution in [-0.4, -0.2) is 57.8 Å². The maximum Gasteiger partial charge on any atom is 0.244 e. The minimum absolute atomic E-state index is 0.236. The number of rotatable bonds is 3. The van der Waals surface area contributed by atoms with Crippen LogP contribution in [0.15, 0.2) is 34.5 Å². The lowest BCUT2D eigenvalue weighted by Gasteiger charge is -2.43. The van der Waals surface area contributed by atoms with E-state index in [1.807, 2.05) is 24.3 Å². The van der Waals surface area contributed by atoms with Gasteiger partial charge in [0.2, 0.25) is 10.0 Å². The van der Waals surface area contributed by atoms with E-state index in [9.17, 15) is 17.2 Å². The smallest absolute Gasteiger partial charge is 0.244 e. The molecule has 136 valence electrons. The van der Waals surface area contributed by atoms with Crippen LogP contribution in [0.3, 0.4) is 0 Å². The van der Waals surface area contributed by atoms with E-state index in [1.165, 1.54) is 19.9 Å². The van der Waals surface area contributed by atoms with Crippen LogP contribution in [0.25, 0.3) is 10.1 Å². The van der Waals surface area contributed by atoms with Crippen LogP contribution in [0.5, 0.6) is 0 Å². The van der Waals surface area contributed by atoms with Crippen LogP contribution in [0, 0.1) is 0 Å². The standard InChI is InChI=1S/C15H18N2O5S3/c18-24(19)17-9-10-22-15(17)5-7-16(8-6-15)25(20,21)14-11-23-13-4-2-1-3-12(13)14/h1-4,11H,5-10H2,(H,18,19)/p-1. The zero-order valence-corrected chi connectivity index (χ0v) is 15.7. The van der Waals surface area contributed by atoms with Crippen LogP contribution >= 0.6 is 11.3 Å². The minimum atomic E-state index is -3.61. The molecule has 1 spiro atoms. The van der Waals surface area contributed by atoms with Crippen molar-refractivity contribution in [2.45, 2.75) is 23.5 Å². The number of fused-ring (bicyclic) bond motifs is 1. The van der Waals surface area contributed by atoms with Crippen LogP contribution in [-0.2, 0) is 26.0 Å². The summed E-state index contributed by atoms with van der Waals surface area (Å²) in [6.45, 7) is 1.13. The summed E-state index contributed by atoms with van der Waals surface area (Å²) in [5.41, 5.74) is -0.894. The summed E-state index contributed by atoms with van der Waals surface area (Å²) < 4.78 is 58.2. The second kappa shape index (κ2) is 6.38. The highest BCUT2D eigenvalue weighted by molar-refractivity contribution is 7.89. The van der Waals surface area contributed by atoms with Crippen LogP contribution in [0.1, 0.15) is 12.8 Å². The van der Waals surface area contributed by atoms with Gasteiger partial charge in [-0.2, -0.15) is 4.31 Å². The molecule has 10 heteroatoms. The molecule has 2 saturated heterocycles. The zero-order chi connectivity index (χ0) is 17.7. The third-order valence-corrected chi connectivity index (χ3v) is 8.79. The van der Waals surface area contributed by atoms with Crippen LogP contribution in [0.2, 0.25) is 0 Å². The predicted octanol–water partition coefficient (Wildman–Crippen LogP) is 1.51. The fourth-order valence-electron chi connectivity index (χ4n) is 3.57. The van der Waals surface area contributed by atoms with Gasteiger partial charge in [0, 0.05) is 59.2 Å². The quantitative estimate of drug-likeness (QED) is 0.727. The molecule has 0 aliphatic carbocycles. The van der Waals surface area contributed by atoms with Crippen molar-refractivity contribution in [1.29, 1.82) is 0 Å². The first-order valence-corrected chi connectivity index (χ1v) is 11.3. The summed E-state index contributed by atoms with van der Waals surface area (Å²) in [7, 11) is -3.61. The first-order valence-electron chi connectivity index (χ1n) is 7.91. The van der Waals surface area contributed by atoms with Crippen molar-refractivity contribution >= 4 is 42.7 Å². The molecule has 2 fully saturated rings. The molecule has 0 N–H and O–H groups in total. The number of benzene rings is 1. The van der Waals surface area contributed by atoms with E-state index in [2.05, 4.69) is 0 Å². The lowest BCUT2D eigenvalue weighted by molar-refractivity contribution is -0.0811. The molecular formula is C15H17N2O5S3-. The molecule has 25 heavy (non-hydrogen) atoms. The molecule has 7 nitrogen and oxygen atoms in total. The number of sulfonamides is 1. The molecule has 1 atom stereocenters. The number of hydrogen-bond acceptors (Lipinski definition) is 6. The summed E-state index contributed by atoms with van der Waals surface area (Å²) in [5.74, 6) is 0. The van der Waals surface area contributed by atoms with Gasteiger partial charge in [0.25, 0.3) is 0 Å². The van der Waals surface area contributed by atoms with E-state index in [4.69, 9.17) is 4.74 Å². The Morgan fingerprint density at radius 2 is 1.92 bits per heavy atom. The van der Waals surface area contributed by atoms with Crippen molar-refractivity contribution in [2.75, 3.05) is 26.2 Å². The fraction of sp³-hybridized carbons (Fsp3) is 0.467. The van der Waals surface area contributed by atoms with Gasteiger partial charge in [-0.3, -0.25) is 4.21 Å². The highest BCUT2D eigenvalue weighted by Crippen LogP contribution is 2.38. The Bertz CT molecular complexity index is 918. The van der Waals surface area contributed by atoms with E-state index in [1.54, 1.807) is 5.38 Å². The Morgan fingerprint density at radius 3 is 2.64 bits per heavy atom. The van der Waals surface area contributed by atoms with Crippen LogP contribution < -0.4 is 0 Å². The van der Waals surface area contributed by atoms with Crippen molar-refractivity contribution in [1.82, 2.24) is 8.61 Å². The Hall–Kier alpha value is -0.880. The maximum atomic E-state index is 13.0. The maximum absolute atomic E-state index is 13.0. The zero-order valence-electron chi connectivity index (χ0n) is 13.3. The first-order chi connectivity index (χ1) is 11.9. The van der Waals surface area contributed by atoms with Gasteiger partial charge < -0.3 is 9.29 Å². The van der Waals surface area contributed by atoms with Crippen molar-refractivity contribution in [2.24, 2.45) is 0 Å². The number of nitrogens with zero attached hydrogens (tertiary/aromatic N) is 2. The van der Waals surface area contributed by atoms with Crippen molar-refractivity contribution < 1.29 is 21.9 Å². The van der Waals surface area contributed by atoms with Gasteiger partial charge >= 0.3 is 0 Å². The van der Waals surface area contributed by atoms with E-state index < -0.39 is 27.0 Å². The molecule has 0 amide bonds. The molecule has 1 aromatic carbocycles. The average molecular weight is 402 g/mol. The van der Waals surface area contributed by atoms with Gasteiger partial charge in [-0.05, 0) is 6.07 Å². The van der Waals surface area contributed by atoms with E-state index >= 15 is 0 Å². The van der Waals surface area contributed by atoms with E-state index in [-0.39, 0.29) is 13.1 Å². The molecule has 0 radical (unpaired) electrons. The highest BCUT2D eigenvalue weighted by Gasteiger charge is 2.47. The summed E-state index contributed by atoms with van der Waals surface area (Å²) in [6, 6.07) is 7.42. The van der Waals surface area contributed by atoms with Crippen molar-refractivity contribution in [3.8, 4) is 0 Å². The highest BCUT2D eigenvalue weighted by atomic mass is 32.2. The Balaban J connectivity index is 1.59. The summed E-state index contributed by atoms with van der Waals surface area (Å²) in [6.07, 6.45) is 0.671. The Morgan fingerprint density at radius 1 is 1.20 bits per heavy atom. The fourth-order valence-corrected chi connectivity index (χ4v) is 7.21. The Kier molecular flexibility index (Phi) is 4.47. The monoisotopic (exact) mass is 401 g/mol. The molecular weight excluding hydrogens is 384 g/mol. The summed E-state index contributed by atoms with van der Waals surface area (Å²) >= 11 is -0.959. The molecule has 0 saturated carbocycles. The van der Waals surface area contributed by atoms with Crippen molar-refractivity contribution in [3.05, 3.63) is 29.6 Å². The third-order valence-electron chi connectivity index (χ3n) is 4.87. The van der Waals surface area contributed by atoms with Gasteiger partial charge in [-0.1, -0.05) is 18.2 Å². The number of hydrogen-bond donors (Lipinski definition) is 0. The first kappa shape index (κ1) is 17.5. The molecule has 4 rings (SSSR count). The summed E-state index contributed by atoms with van der Waals surface area (Å²) in [4.78, 5) is 0.320. The largest absolute Gasteiger partial charge is 0.760 e. The lowest BCUT2D eigenvalue weighted by atomic mass is 10.0. The molecule has 0 bridgehead atoms. The van der Waals surface area contributed by atoms with Gasteiger partial charge in [0.1, 0.15) is 10.6 Å². The number of ether oxygens (including phenoxy) is 1. The van der Waals surface area contributed by atoms with Gasteiger partial charge in [0.05, 0.1) is 6.61 Å². The molecule has 1 aromatic heterocycles. The Labute approximate surface area is 152 Å². The van der Waals surface area contributed by atoms with E-state index in [0.29, 0.717) is 30.9 Å². The number of thiophene rings is 1. The normalized spacial score (nSPS) is 23.4. The average Bonchev–Trinajstić information content (AvgIpc) is 3.20. The molecule has 2 aliphatic heterocycles. The van der Waals surface area contributed by atoms with Gasteiger partial charge in [-0.25, -0.2) is 12.7 Å². The van der Waals surface area contributed by atoms with Gasteiger partial charge in [-0.15, -0.1) is 11.3 Å². The van der Waals surface area contributed by atoms with Crippen LogP contribution in [0.4, 0.5) is 0 Å². The number of piperidine rings is 1. The molecule has 1 unspecified atom stereocenters. The van der Waals surface area contributed by atoms with E-state index in [0.717, 1.165) is 10.1 Å². The minimum Gasteiger partial charge on any atom is -0.760 e. The van der Waals surface area contributed by atoms with Crippen molar-refractivity contribution in [3.63, 3.8) is 0 Å². The second-order valence-corrected chi connectivity index (χ2v) is 9.81. The third kappa shape index (κ3) is 2.85. The van der Waals surface area contributed by atoms with Gasteiger partial charge in [0.15, 0.2) is 0 Å². The second-order valence-electron chi connectivity index (χ2n) is 6.11. The SMILES string of the molecule is O=S([O-])N1CCOC12CCN(S(=O)(=O)c1csc3ccccc13)CC2. The molecule has 3 heterocycles. The lowest BCUT2D eigenvalue weighted by Crippen LogP contribution is -2.54.